The minimum Gasteiger partial charge on any atom is -0.496 e. The van der Waals surface area contributed by atoms with E-state index in [0.29, 0.717) is 5.95 Å². The lowest BCUT2D eigenvalue weighted by atomic mass is 10.1. The summed E-state index contributed by atoms with van der Waals surface area (Å²) in [4.78, 5) is 11.8. The summed E-state index contributed by atoms with van der Waals surface area (Å²) >= 11 is 0. The second kappa shape index (κ2) is 9.04. The van der Waals surface area contributed by atoms with E-state index in [1.807, 2.05) is 25.1 Å². The molecule has 0 radical (unpaired) electrons. The van der Waals surface area contributed by atoms with Crippen molar-refractivity contribution < 1.29 is 4.74 Å². The quantitative estimate of drug-likeness (QED) is 0.773. The minimum absolute atomic E-state index is 0.213. The first kappa shape index (κ1) is 19.4. The van der Waals surface area contributed by atoms with Crippen molar-refractivity contribution in [1.82, 2.24) is 9.97 Å². The van der Waals surface area contributed by atoms with E-state index in [4.69, 9.17) is 20.4 Å². The Morgan fingerprint density at radius 3 is 2.89 bits per heavy atom. The lowest BCUT2D eigenvalue weighted by molar-refractivity contribution is 0.412. The van der Waals surface area contributed by atoms with Crippen molar-refractivity contribution in [3.63, 3.8) is 0 Å². The van der Waals surface area contributed by atoms with Gasteiger partial charge in [0.25, 0.3) is 0 Å². The molecule has 3 N–H and O–H groups in total. The predicted octanol–water partition coefficient (Wildman–Crippen LogP) is 3.81. The van der Waals surface area contributed by atoms with E-state index in [0.717, 1.165) is 73.7 Å². The first-order valence-corrected chi connectivity index (χ1v) is 9.89. The highest BCUT2D eigenvalue weighted by atomic mass is 16.5. The van der Waals surface area contributed by atoms with Crippen LogP contribution in [0.2, 0.25) is 0 Å². The average molecular weight is 370 g/mol. The Bertz CT molecular complexity index is 764. The lowest BCUT2D eigenvalue weighted by Crippen LogP contribution is -2.43. The maximum Gasteiger partial charge on any atom is 0.229 e. The number of anilines is 3. The van der Waals surface area contributed by atoms with Crippen LogP contribution in [0.4, 0.5) is 17.5 Å². The standard InChI is InChI=1S/C21H31N5O/c1-4-5-8-17-13-20(26-11-6-7-16(22)14-26)25-21(23-17)24-18-10-9-15(2)19(12-18)27-3/h9-10,12-13,16H,4-8,11,14,22H2,1-3H3,(H,23,24,25). The molecule has 0 bridgehead atoms. The third kappa shape index (κ3) is 5.10. The summed E-state index contributed by atoms with van der Waals surface area (Å²) < 4.78 is 5.43. The molecule has 1 saturated heterocycles. The van der Waals surface area contributed by atoms with Gasteiger partial charge >= 0.3 is 0 Å². The minimum atomic E-state index is 0.213. The van der Waals surface area contributed by atoms with Gasteiger partial charge in [0.1, 0.15) is 11.6 Å². The van der Waals surface area contributed by atoms with Crippen molar-refractivity contribution in [2.75, 3.05) is 30.4 Å². The van der Waals surface area contributed by atoms with Crippen LogP contribution in [0, 0.1) is 6.92 Å². The fourth-order valence-electron chi connectivity index (χ4n) is 3.43. The van der Waals surface area contributed by atoms with Crippen LogP contribution in [0.3, 0.4) is 0 Å². The summed E-state index contributed by atoms with van der Waals surface area (Å²) in [7, 11) is 1.69. The smallest absolute Gasteiger partial charge is 0.229 e. The molecule has 0 saturated carbocycles. The second-order valence-electron chi connectivity index (χ2n) is 7.30. The third-order valence-corrected chi connectivity index (χ3v) is 5.00. The molecule has 2 aromatic rings. The van der Waals surface area contributed by atoms with Gasteiger partial charge in [-0.3, -0.25) is 0 Å². The van der Waals surface area contributed by atoms with Crippen LogP contribution in [0.15, 0.2) is 24.3 Å². The molecule has 1 fully saturated rings. The van der Waals surface area contributed by atoms with E-state index in [9.17, 15) is 0 Å². The number of piperidine rings is 1. The van der Waals surface area contributed by atoms with Gasteiger partial charge in [-0.1, -0.05) is 19.4 Å². The van der Waals surface area contributed by atoms with Crippen LogP contribution in [-0.2, 0) is 6.42 Å². The Morgan fingerprint density at radius 2 is 2.15 bits per heavy atom. The van der Waals surface area contributed by atoms with Crippen LogP contribution in [-0.4, -0.2) is 36.2 Å². The Kier molecular flexibility index (Phi) is 6.50. The molecule has 27 heavy (non-hydrogen) atoms. The highest BCUT2D eigenvalue weighted by Gasteiger charge is 2.19. The number of hydrogen-bond acceptors (Lipinski definition) is 6. The number of nitrogens with one attached hydrogen (secondary N) is 1. The average Bonchev–Trinajstić information content (AvgIpc) is 2.67. The number of rotatable bonds is 7. The van der Waals surface area contributed by atoms with Crippen molar-refractivity contribution >= 4 is 17.5 Å². The molecule has 1 aromatic heterocycles. The van der Waals surface area contributed by atoms with E-state index in [-0.39, 0.29) is 6.04 Å². The summed E-state index contributed by atoms with van der Waals surface area (Å²) in [5.74, 6) is 2.45. The molecular weight excluding hydrogens is 338 g/mol. The first-order chi connectivity index (χ1) is 13.1. The second-order valence-corrected chi connectivity index (χ2v) is 7.30. The van der Waals surface area contributed by atoms with Crippen molar-refractivity contribution in [3.05, 3.63) is 35.5 Å². The zero-order valence-corrected chi connectivity index (χ0v) is 16.7. The fraction of sp³-hybridized carbons (Fsp3) is 0.524. The summed E-state index contributed by atoms with van der Waals surface area (Å²) in [6.45, 7) is 6.07. The molecule has 0 spiro atoms. The number of benzene rings is 1. The SMILES string of the molecule is CCCCc1cc(N2CCCC(N)C2)nc(Nc2ccc(C)c(OC)c2)n1. The maximum atomic E-state index is 6.17. The molecule has 0 amide bonds. The van der Waals surface area contributed by atoms with E-state index >= 15 is 0 Å². The molecule has 6 nitrogen and oxygen atoms in total. The van der Waals surface area contributed by atoms with Gasteiger partial charge < -0.3 is 20.7 Å². The summed E-state index contributed by atoms with van der Waals surface area (Å²) in [5.41, 5.74) is 9.27. The van der Waals surface area contributed by atoms with E-state index < -0.39 is 0 Å². The molecule has 1 unspecified atom stereocenters. The number of ether oxygens (including phenoxy) is 1. The van der Waals surface area contributed by atoms with Crippen molar-refractivity contribution in [3.8, 4) is 5.75 Å². The van der Waals surface area contributed by atoms with Gasteiger partial charge in [-0.2, -0.15) is 4.98 Å². The van der Waals surface area contributed by atoms with Crippen molar-refractivity contribution in [2.24, 2.45) is 5.73 Å². The summed E-state index contributed by atoms with van der Waals surface area (Å²) in [6.07, 6.45) is 5.41. The van der Waals surface area contributed by atoms with E-state index in [1.54, 1.807) is 7.11 Å². The zero-order chi connectivity index (χ0) is 19.2. The van der Waals surface area contributed by atoms with Gasteiger partial charge in [0.15, 0.2) is 0 Å². The molecule has 1 aliphatic rings. The Hall–Kier alpha value is -2.34. The van der Waals surface area contributed by atoms with Gasteiger partial charge in [0.05, 0.1) is 7.11 Å². The Morgan fingerprint density at radius 1 is 1.30 bits per heavy atom. The molecule has 0 aliphatic carbocycles. The monoisotopic (exact) mass is 369 g/mol. The predicted molar refractivity (Wildman–Crippen MR) is 111 cm³/mol. The number of nitrogens with two attached hydrogens (primary N) is 1. The van der Waals surface area contributed by atoms with E-state index in [1.165, 1.54) is 0 Å². The van der Waals surface area contributed by atoms with Crippen LogP contribution in [0.1, 0.15) is 43.9 Å². The van der Waals surface area contributed by atoms with E-state index in [2.05, 4.69) is 23.2 Å². The summed E-state index contributed by atoms with van der Waals surface area (Å²) in [5, 5.41) is 3.35. The lowest BCUT2D eigenvalue weighted by Gasteiger charge is -2.32. The van der Waals surface area contributed by atoms with Gasteiger partial charge in [0, 0.05) is 42.6 Å². The topological polar surface area (TPSA) is 76.3 Å². The maximum absolute atomic E-state index is 6.17. The van der Waals surface area contributed by atoms with Gasteiger partial charge in [0.2, 0.25) is 5.95 Å². The number of nitrogens with zero attached hydrogens (tertiary/aromatic N) is 3. The normalized spacial score (nSPS) is 17.0. The molecule has 6 heteroatoms. The van der Waals surface area contributed by atoms with Gasteiger partial charge in [-0.05, 0) is 44.2 Å². The number of unbranched alkanes of at least 4 members (excludes halogenated alkanes) is 1. The highest BCUT2D eigenvalue weighted by Crippen LogP contribution is 2.26. The number of aryl methyl sites for hydroxylation is 2. The van der Waals surface area contributed by atoms with Gasteiger partial charge in [-0.15, -0.1) is 0 Å². The summed E-state index contributed by atoms with van der Waals surface area (Å²) in [6, 6.07) is 8.37. The molecule has 146 valence electrons. The van der Waals surface area contributed by atoms with Crippen LogP contribution < -0.4 is 20.7 Å². The number of methoxy groups -OCH3 is 1. The van der Waals surface area contributed by atoms with Gasteiger partial charge in [-0.25, -0.2) is 4.98 Å². The van der Waals surface area contributed by atoms with Crippen LogP contribution in [0.25, 0.3) is 0 Å². The number of hydrogen-bond donors (Lipinski definition) is 2. The van der Waals surface area contributed by atoms with Crippen molar-refractivity contribution in [1.29, 1.82) is 0 Å². The molecule has 1 aromatic carbocycles. The van der Waals surface area contributed by atoms with Crippen LogP contribution >= 0.6 is 0 Å². The molecular formula is C21H31N5O. The van der Waals surface area contributed by atoms with Crippen molar-refractivity contribution in [2.45, 2.75) is 52.0 Å². The fourth-order valence-corrected chi connectivity index (χ4v) is 3.43. The third-order valence-electron chi connectivity index (χ3n) is 5.00. The highest BCUT2D eigenvalue weighted by molar-refractivity contribution is 5.59. The Labute approximate surface area is 162 Å². The number of aromatic nitrogens is 2. The van der Waals surface area contributed by atoms with Crippen LogP contribution in [0.5, 0.6) is 5.75 Å². The molecule has 1 atom stereocenters. The largest absolute Gasteiger partial charge is 0.496 e. The zero-order valence-electron chi connectivity index (χ0n) is 16.7. The molecule has 2 heterocycles. The Balaban J connectivity index is 1.87. The first-order valence-electron chi connectivity index (χ1n) is 9.89. The molecule has 3 rings (SSSR count). The molecule has 1 aliphatic heterocycles.